The third kappa shape index (κ3) is 2.26. The summed E-state index contributed by atoms with van der Waals surface area (Å²) < 4.78 is 0. The highest BCUT2D eigenvalue weighted by Gasteiger charge is 2.13. The highest BCUT2D eigenvalue weighted by atomic mass is 16.1. The molecule has 3 nitrogen and oxygen atoms in total. The summed E-state index contributed by atoms with van der Waals surface area (Å²) in [4.78, 5) is 15.1. The first-order chi connectivity index (χ1) is 8.22. The van der Waals surface area contributed by atoms with E-state index in [0.29, 0.717) is 16.8 Å². The smallest absolute Gasteiger partial charge is 0.194 e. The van der Waals surface area contributed by atoms with Crippen LogP contribution in [0.3, 0.4) is 0 Å². The average molecular weight is 224 g/mol. The van der Waals surface area contributed by atoms with E-state index in [1.54, 1.807) is 24.4 Å². The number of nitrogens with one attached hydrogen (secondary N) is 1. The molecule has 84 valence electrons. The number of carbonyl (C=O) groups excluding carboxylic acids is 1. The monoisotopic (exact) mass is 224 g/mol. The highest BCUT2D eigenvalue weighted by molar-refractivity contribution is 6.09. The van der Waals surface area contributed by atoms with Crippen molar-refractivity contribution in [1.82, 2.24) is 4.98 Å². The Balaban J connectivity index is 2.34. The SMILES string of the molecule is Cc1ccc(C(=O)c2cc[nH]c2CC#N)cc1. The molecular formula is C14H12N2O. The largest absolute Gasteiger partial charge is 0.364 e. The lowest BCUT2D eigenvalue weighted by Crippen LogP contribution is -2.03. The van der Waals surface area contributed by atoms with Crippen LogP contribution in [0.4, 0.5) is 0 Å². The van der Waals surface area contributed by atoms with Crippen molar-refractivity contribution in [2.45, 2.75) is 13.3 Å². The van der Waals surface area contributed by atoms with Gasteiger partial charge in [0.25, 0.3) is 0 Å². The van der Waals surface area contributed by atoms with E-state index in [-0.39, 0.29) is 12.2 Å². The van der Waals surface area contributed by atoms with E-state index in [2.05, 4.69) is 4.98 Å². The minimum atomic E-state index is -0.0449. The molecular weight excluding hydrogens is 212 g/mol. The zero-order valence-corrected chi connectivity index (χ0v) is 9.53. The zero-order chi connectivity index (χ0) is 12.3. The van der Waals surface area contributed by atoms with Crippen LogP contribution in [-0.4, -0.2) is 10.8 Å². The van der Waals surface area contributed by atoms with E-state index in [1.165, 1.54) is 0 Å². The van der Waals surface area contributed by atoms with Crippen LogP contribution in [0.1, 0.15) is 27.2 Å². The Morgan fingerprint density at radius 3 is 2.65 bits per heavy atom. The lowest BCUT2D eigenvalue weighted by atomic mass is 10.0. The molecule has 1 aromatic heterocycles. The van der Waals surface area contributed by atoms with Crippen LogP contribution < -0.4 is 0 Å². The van der Waals surface area contributed by atoms with E-state index in [1.807, 2.05) is 25.1 Å². The number of nitrogens with zero attached hydrogens (tertiary/aromatic N) is 1. The lowest BCUT2D eigenvalue weighted by Gasteiger charge is -2.01. The van der Waals surface area contributed by atoms with Gasteiger partial charge in [0.15, 0.2) is 5.78 Å². The van der Waals surface area contributed by atoms with Gasteiger partial charge >= 0.3 is 0 Å². The topological polar surface area (TPSA) is 56.6 Å². The maximum Gasteiger partial charge on any atom is 0.194 e. The summed E-state index contributed by atoms with van der Waals surface area (Å²) in [7, 11) is 0. The molecule has 0 unspecified atom stereocenters. The number of carbonyl (C=O) groups is 1. The van der Waals surface area contributed by atoms with E-state index in [9.17, 15) is 4.79 Å². The minimum Gasteiger partial charge on any atom is -0.364 e. The van der Waals surface area contributed by atoms with E-state index in [4.69, 9.17) is 5.26 Å². The summed E-state index contributed by atoms with van der Waals surface area (Å²) in [6.07, 6.45) is 1.91. The number of aromatic amines is 1. The van der Waals surface area contributed by atoms with Crippen LogP contribution in [0, 0.1) is 18.3 Å². The molecule has 3 heteroatoms. The van der Waals surface area contributed by atoms with Crippen molar-refractivity contribution in [1.29, 1.82) is 5.26 Å². The molecule has 0 radical (unpaired) electrons. The molecule has 0 aliphatic heterocycles. The molecule has 0 spiro atoms. The summed E-state index contributed by atoms with van der Waals surface area (Å²) in [6, 6.07) is 11.2. The van der Waals surface area contributed by atoms with Crippen LogP contribution in [0.2, 0.25) is 0 Å². The Labute approximate surface area is 99.7 Å². The Hall–Kier alpha value is -2.34. The second kappa shape index (κ2) is 4.67. The van der Waals surface area contributed by atoms with Gasteiger partial charge < -0.3 is 4.98 Å². The van der Waals surface area contributed by atoms with Crippen molar-refractivity contribution in [2.24, 2.45) is 0 Å². The second-order valence-corrected chi connectivity index (χ2v) is 3.90. The predicted octanol–water partition coefficient (Wildman–Crippen LogP) is 2.62. The van der Waals surface area contributed by atoms with Gasteiger partial charge in [0, 0.05) is 23.0 Å². The molecule has 0 aliphatic rings. The van der Waals surface area contributed by atoms with Gasteiger partial charge in [-0.05, 0) is 13.0 Å². The predicted molar refractivity (Wildman–Crippen MR) is 64.7 cm³/mol. The Kier molecular flexibility index (Phi) is 3.06. The normalized spacial score (nSPS) is 9.88. The first-order valence-corrected chi connectivity index (χ1v) is 5.37. The summed E-state index contributed by atoms with van der Waals surface area (Å²) in [5.74, 6) is -0.0449. The van der Waals surface area contributed by atoms with Gasteiger partial charge in [-0.25, -0.2) is 0 Å². The number of H-pyrrole nitrogens is 1. The van der Waals surface area contributed by atoms with Gasteiger partial charge in [-0.1, -0.05) is 29.8 Å². The zero-order valence-electron chi connectivity index (χ0n) is 9.53. The van der Waals surface area contributed by atoms with Crippen molar-refractivity contribution < 1.29 is 4.79 Å². The number of rotatable bonds is 3. The molecule has 0 amide bonds. The molecule has 2 rings (SSSR count). The molecule has 0 fully saturated rings. The molecule has 0 bridgehead atoms. The van der Waals surface area contributed by atoms with Crippen LogP contribution >= 0.6 is 0 Å². The number of aromatic nitrogens is 1. The van der Waals surface area contributed by atoms with Crippen molar-refractivity contribution >= 4 is 5.78 Å². The van der Waals surface area contributed by atoms with Gasteiger partial charge in [0.05, 0.1) is 12.5 Å². The summed E-state index contributed by atoms with van der Waals surface area (Å²) >= 11 is 0. The number of aryl methyl sites for hydroxylation is 1. The Morgan fingerprint density at radius 2 is 2.00 bits per heavy atom. The maximum absolute atomic E-state index is 12.2. The van der Waals surface area contributed by atoms with Gasteiger partial charge in [-0.3, -0.25) is 4.79 Å². The Morgan fingerprint density at radius 1 is 1.29 bits per heavy atom. The summed E-state index contributed by atoms with van der Waals surface area (Å²) in [6.45, 7) is 1.98. The third-order valence-corrected chi connectivity index (χ3v) is 2.65. The van der Waals surface area contributed by atoms with Gasteiger partial charge in [0.2, 0.25) is 0 Å². The number of hydrogen-bond donors (Lipinski definition) is 1. The van der Waals surface area contributed by atoms with E-state index in [0.717, 1.165) is 5.56 Å². The van der Waals surface area contributed by atoms with Crippen molar-refractivity contribution in [2.75, 3.05) is 0 Å². The molecule has 0 saturated carbocycles. The molecule has 2 aromatic rings. The Bertz CT molecular complexity index is 573. The average Bonchev–Trinajstić information content (AvgIpc) is 2.78. The number of benzene rings is 1. The molecule has 17 heavy (non-hydrogen) atoms. The van der Waals surface area contributed by atoms with Gasteiger partial charge in [-0.15, -0.1) is 0 Å². The van der Waals surface area contributed by atoms with Crippen LogP contribution in [0.25, 0.3) is 0 Å². The van der Waals surface area contributed by atoms with Crippen molar-refractivity contribution in [3.63, 3.8) is 0 Å². The van der Waals surface area contributed by atoms with Crippen molar-refractivity contribution in [3.05, 3.63) is 58.9 Å². The highest BCUT2D eigenvalue weighted by Crippen LogP contribution is 2.14. The minimum absolute atomic E-state index is 0.0449. The third-order valence-electron chi connectivity index (χ3n) is 2.65. The number of hydrogen-bond acceptors (Lipinski definition) is 2. The fourth-order valence-electron chi connectivity index (χ4n) is 1.70. The summed E-state index contributed by atoms with van der Waals surface area (Å²) in [5, 5.41) is 8.67. The molecule has 1 N–H and O–H groups in total. The first kappa shape index (κ1) is 11.2. The van der Waals surface area contributed by atoms with Crippen LogP contribution in [0.15, 0.2) is 36.5 Å². The van der Waals surface area contributed by atoms with Crippen molar-refractivity contribution in [3.8, 4) is 6.07 Å². The number of nitriles is 1. The fourth-order valence-corrected chi connectivity index (χ4v) is 1.70. The summed E-state index contributed by atoms with van der Waals surface area (Å²) in [5.41, 5.74) is 3.02. The maximum atomic E-state index is 12.2. The van der Waals surface area contributed by atoms with Gasteiger partial charge in [0.1, 0.15) is 0 Å². The lowest BCUT2D eigenvalue weighted by molar-refractivity contribution is 0.103. The molecule has 0 atom stereocenters. The fraction of sp³-hybridized carbons (Fsp3) is 0.143. The molecule has 0 saturated heterocycles. The second-order valence-electron chi connectivity index (χ2n) is 3.90. The van der Waals surface area contributed by atoms with Gasteiger partial charge in [-0.2, -0.15) is 5.26 Å². The van der Waals surface area contributed by atoms with E-state index < -0.39 is 0 Å². The first-order valence-electron chi connectivity index (χ1n) is 5.37. The van der Waals surface area contributed by atoms with Crippen LogP contribution in [-0.2, 0) is 6.42 Å². The number of ketones is 1. The van der Waals surface area contributed by atoms with Crippen LogP contribution in [0.5, 0.6) is 0 Å². The van der Waals surface area contributed by atoms with E-state index >= 15 is 0 Å². The molecule has 1 aromatic carbocycles. The molecule has 0 aliphatic carbocycles. The standard InChI is InChI=1S/C14H12N2O/c1-10-2-4-11(5-3-10)14(17)12-7-9-16-13(12)6-8-15/h2-5,7,9,16H,6H2,1H3. The molecule has 1 heterocycles. The quantitative estimate of drug-likeness (QED) is 0.815.